The summed E-state index contributed by atoms with van der Waals surface area (Å²) in [6.07, 6.45) is 6.13. The third-order valence-electron chi connectivity index (χ3n) is 4.08. The molecular formula is C14H24N4O. The molecule has 2 heterocycles. The summed E-state index contributed by atoms with van der Waals surface area (Å²) >= 11 is 0. The first-order valence-corrected chi connectivity index (χ1v) is 7.04. The zero-order valence-electron chi connectivity index (χ0n) is 12.0. The number of carbonyl (C=O) groups is 1. The highest BCUT2D eigenvalue weighted by atomic mass is 16.1. The van der Waals surface area contributed by atoms with Gasteiger partial charge in [0.15, 0.2) is 0 Å². The fourth-order valence-electron chi connectivity index (χ4n) is 2.72. The zero-order valence-corrected chi connectivity index (χ0v) is 12.0. The number of aromatic nitrogens is 2. The van der Waals surface area contributed by atoms with Crippen molar-refractivity contribution in [3.05, 3.63) is 18.0 Å². The van der Waals surface area contributed by atoms with Crippen LogP contribution in [0.5, 0.6) is 0 Å². The molecule has 0 spiro atoms. The van der Waals surface area contributed by atoms with Crippen LogP contribution in [0.15, 0.2) is 12.3 Å². The van der Waals surface area contributed by atoms with Crippen molar-refractivity contribution in [2.75, 3.05) is 33.7 Å². The molecule has 1 saturated heterocycles. The van der Waals surface area contributed by atoms with Gasteiger partial charge in [-0.1, -0.05) is 0 Å². The zero-order chi connectivity index (χ0) is 13.7. The summed E-state index contributed by atoms with van der Waals surface area (Å²) in [5.74, 6) is 0. The Kier molecular flexibility index (Phi) is 5.10. The van der Waals surface area contributed by atoms with Crippen molar-refractivity contribution in [1.29, 1.82) is 0 Å². The predicted molar refractivity (Wildman–Crippen MR) is 75.1 cm³/mol. The molecule has 0 N–H and O–H groups in total. The molecule has 1 aliphatic rings. The van der Waals surface area contributed by atoms with Crippen molar-refractivity contribution < 1.29 is 4.79 Å². The van der Waals surface area contributed by atoms with E-state index in [0.29, 0.717) is 12.6 Å². The SMILES string of the molecule is CN1CCC(N(C)CCc2ccnn2CC=O)CC1. The van der Waals surface area contributed by atoms with Crippen LogP contribution in [-0.4, -0.2) is 65.6 Å². The summed E-state index contributed by atoms with van der Waals surface area (Å²) in [7, 11) is 4.39. The monoisotopic (exact) mass is 264 g/mol. The Morgan fingerprint density at radius 1 is 1.47 bits per heavy atom. The lowest BCUT2D eigenvalue weighted by Gasteiger charge is -2.35. The number of rotatable bonds is 6. The number of hydrogen-bond acceptors (Lipinski definition) is 4. The van der Waals surface area contributed by atoms with E-state index in [1.54, 1.807) is 10.9 Å². The van der Waals surface area contributed by atoms with Gasteiger partial charge in [-0.05, 0) is 46.1 Å². The van der Waals surface area contributed by atoms with Gasteiger partial charge in [0.2, 0.25) is 0 Å². The molecule has 0 radical (unpaired) electrons. The van der Waals surface area contributed by atoms with Gasteiger partial charge in [0.25, 0.3) is 0 Å². The third-order valence-corrected chi connectivity index (χ3v) is 4.08. The van der Waals surface area contributed by atoms with Crippen molar-refractivity contribution in [2.45, 2.75) is 31.8 Å². The van der Waals surface area contributed by atoms with Gasteiger partial charge in [-0.25, -0.2) is 0 Å². The van der Waals surface area contributed by atoms with Crippen LogP contribution in [-0.2, 0) is 17.8 Å². The second kappa shape index (κ2) is 6.82. The lowest BCUT2D eigenvalue weighted by Crippen LogP contribution is -2.42. The van der Waals surface area contributed by atoms with Crippen molar-refractivity contribution in [3.63, 3.8) is 0 Å². The molecule has 0 saturated carbocycles. The fraction of sp³-hybridized carbons (Fsp3) is 0.714. The van der Waals surface area contributed by atoms with Gasteiger partial charge in [-0.3, -0.25) is 4.68 Å². The van der Waals surface area contributed by atoms with Gasteiger partial charge >= 0.3 is 0 Å². The van der Waals surface area contributed by atoms with Gasteiger partial charge in [0.1, 0.15) is 6.29 Å². The van der Waals surface area contributed by atoms with Gasteiger partial charge in [-0.2, -0.15) is 5.10 Å². The summed E-state index contributed by atoms with van der Waals surface area (Å²) in [4.78, 5) is 15.4. The van der Waals surface area contributed by atoms with Crippen molar-refractivity contribution in [1.82, 2.24) is 19.6 Å². The molecule has 0 atom stereocenters. The normalized spacial score (nSPS) is 18.1. The molecule has 0 aromatic carbocycles. The number of likely N-dealkylation sites (N-methyl/N-ethyl adjacent to an activating group) is 1. The van der Waals surface area contributed by atoms with E-state index in [2.05, 4.69) is 29.0 Å². The number of likely N-dealkylation sites (tertiary alicyclic amines) is 1. The third kappa shape index (κ3) is 3.88. The smallest absolute Gasteiger partial charge is 0.141 e. The molecule has 1 aromatic heterocycles. The van der Waals surface area contributed by atoms with Crippen LogP contribution < -0.4 is 0 Å². The minimum absolute atomic E-state index is 0.361. The number of piperidine rings is 1. The van der Waals surface area contributed by atoms with E-state index < -0.39 is 0 Å². The van der Waals surface area contributed by atoms with Crippen molar-refractivity contribution >= 4 is 6.29 Å². The largest absolute Gasteiger partial charge is 0.306 e. The summed E-state index contributed by atoms with van der Waals surface area (Å²) in [5.41, 5.74) is 1.15. The van der Waals surface area contributed by atoms with Crippen LogP contribution in [0.4, 0.5) is 0 Å². The highest BCUT2D eigenvalue weighted by Gasteiger charge is 2.20. The van der Waals surface area contributed by atoms with E-state index in [0.717, 1.165) is 24.9 Å². The van der Waals surface area contributed by atoms with Crippen LogP contribution in [0.25, 0.3) is 0 Å². The van der Waals surface area contributed by atoms with Crippen LogP contribution in [0.3, 0.4) is 0 Å². The first-order valence-electron chi connectivity index (χ1n) is 7.04. The van der Waals surface area contributed by atoms with Crippen molar-refractivity contribution in [2.24, 2.45) is 0 Å². The molecule has 0 bridgehead atoms. The Morgan fingerprint density at radius 3 is 2.89 bits per heavy atom. The summed E-state index contributed by atoms with van der Waals surface area (Å²) in [6, 6.07) is 2.70. The van der Waals surface area contributed by atoms with Gasteiger partial charge in [0.05, 0.1) is 6.54 Å². The van der Waals surface area contributed by atoms with E-state index in [1.807, 2.05) is 6.07 Å². The van der Waals surface area contributed by atoms with Crippen molar-refractivity contribution in [3.8, 4) is 0 Å². The molecule has 1 fully saturated rings. The van der Waals surface area contributed by atoms with E-state index in [9.17, 15) is 4.79 Å². The molecule has 2 rings (SSSR count). The Morgan fingerprint density at radius 2 is 2.21 bits per heavy atom. The first kappa shape index (κ1) is 14.2. The molecule has 106 valence electrons. The minimum atomic E-state index is 0.361. The summed E-state index contributed by atoms with van der Waals surface area (Å²) in [6.45, 7) is 3.77. The van der Waals surface area contributed by atoms with Gasteiger partial charge in [0, 0.05) is 30.9 Å². The second-order valence-electron chi connectivity index (χ2n) is 5.44. The highest BCUT2D eigenvalue weighted by Crippen LogP contribution is 2.14. The molecule has 0 amide bonds. The lowest BCUT2D eigenvalue weighted by molar-refractivity contribution is -0.108. The van der Waals surface area contributed by atoms with E-state index in [-0.39, 0.29) is 0 Å². The summed E-state index contributed by atoms with van der Waals surface area (Å²) < 4.78 is 1.79. The van der Waals surface area contributed by atoms with Crippen LogP contribution in [0.2, 0.25) is 0 Å². The number of aldehydes is 1. The molecule has 0 aliphatic carbocycles. The molecule has 19 heavy (non-hydrogen) atoms. The Labute approximate surface area is 115 Å². The maximum atomic E-state index is 10.6. The first-order chi connectivity index (χ1) is 9.20. The number of hydrogen-bond donors (Lipinski definition) is 0. The average Bonchev–Trinajstić information content (AvgIpc) is 2.85. The highest BCUT2D eigenvalue weighted by molar-refractivity contribution is 5.49. The lowest BCUT2D eigenvalue weighted by atomic mass is 10.0. The second-order valence-corrected chi connectivity index (χ2v) is 5.44. The standard InChI is InChI=1S/C14H24N4O/c1-16-8-4-13(5-9-16)17(2)10-6-14-3-7-15-18(14)11-12-19/h3,7,12-13H,4-6,8-11H2,1-2H3. The average molecular weight is 264 g/mol. The number of nitrogens with zero attached hydrogens (tertiary/aromatic N) is 4. The predicted octanol–water partition coefficient (Wildman–Crippen LogP) is 0.650. The minimum Gasteiger partial charge on any atom is -0.306 e. The Hall–Kier alpha value is -1.20. The van der Waals surface area contributed by atoms with E-state index >= 15 is 0 Å². The van der Waals surface area contributed by atoms with Crippen LogP contribution in [0, 0.1) is 0 Å². The molecular weight excluding hydrogens is 240 g/mol. The van der Waals surface area contributed by atoms with Gasteiger partial charge in [-0.15, -0.1) is 0 Å². The maximum absolute atomic E-state index is 10.6. The molecule has 1 aromatic rings. The Bertz CT molecular complexity index is 396. The molecule has 5 heteroatoms. The van der Waals surface area contributed by atoms with E-state index in [4.69, 9.17) is 0 Å². The van der Waals surface area contributed by atoms with Crippen LogP contribution >= 0.6 is 0 Å². The van der Waals surface area contributed by atoms with Gasteiger partial charge < -0.3 is 14.6 Å². The molecule has 1 aliphatic heterocycles. The fourth-order valence-corrected chi connectivity index (χ4v) is 2.72. The summed E-state index contributed by atoms with van der Waals surface area (Å²) in [5, 5.41) is 4.17. The Balaban J connectivity index is 1.81. The maximum Gasteiger partial charge on any atom is 0.141 e. The molecule has 0 unspecified atom stereocenters. The van der Waals surface area contributed by atoms with E-state index in [1.165, 1.54) is 25.9 Å². The van der Waals surface area contributed by atoms with Crippen LogP contribution in [0.1, 0.15) is 18.5 Å². The number of carbonyl (C=O) groups excluding carboxylic acids is 1. The molecule has 5 nitrogen and oxygen atoms in total. The topological polar surface area (TPSA) is 41.4 Å². The quantitative estimate of drug-likeness (QED) is 0.708.